The maximum Gasteiger partial charge on any atom is 0.0675 e. The van der Waals surface area contributed by atoms with Crippen LogP contribution >= 0.6 is 0 Å². The summed E-state index contributed by atoms with van der Waals surface area (Å²) < 4.78 is 0. The van der Waals surface area contributed by atoms with E-state index in [1.165, 1.54) is 12.8 Å². The lowest BCUT2D eigenvalue weighted by molar-refractivity contribution is -0.178. The van der Waals surface area contributed by atoms with E-state index in [1.54, 1.807) is 0 Å². The molecule has 2 fully saturated rings. The molecule has 0 bridgehead atoms. The molecule has 0 spiro atoms. The minimum Gasteiger partial charge on any atom is -0.396 e. The molecular formula is C15H28O2. The van der Waals surface area contributed by atoms with Gasteiger partial charge in [0.2, 0.25) is 0 Å². The minimum atomic E-state index is -0.687. The highest BCUT2D eigenvalue weighted by molar-refractivity contribution is 5.07. The van der Waals surface area contributed by atoms with Gasteiger partial charge < -0.3 is 10.2 Å². The van der Waals surface area contributed by atoms with Gasteiger partial charge in [-0.2, -0.15) is 0 Å². The summed E-state index contributed by atoms with van der Waals surface area (Å²) in [7, 11) is 0. The van der Waals surface area contributed by atoms with Gasteiger partial charge >= 0.3 is 0 Å². The van der Waals surface area contributed by atoms with Gasteiger partial charge in [-0.1, -0.05) is 27.2 Å². The molecule has 0 aromatic heterocycles. The first-order valence-corrected chi connectivity index (χ1v) is 7.07. The first kappa shape index (κ1) is 13.4. The van der Waals surface area contributed by atoms with Crippen molar-refractivity contribution in [3.05, 3.63) is 0 Å². The zero-order valence-corrected chi connectivity index (χ0v) is 11.8. The highest BCUT2D eigenvalue weighted by Gasteiger charge is 2.57. The average Bonchev–Trinajstić information content (AvgIpc) is 2.14. The normalized spacial score (nSPS) is 49.8. The first-order valence-electron chi connectivity index (χ1n) is 7.07. The Labute approximate surface area is 105 Å². The van der Waals surface area contributed by atoms with Gasteiger partial charge in [0.25, 0.3) is 0 Å². The lowest BCUT2D eigenvalue weighted by Gasteiger charge is -2.60. The molecule has 0 aromatic rings. The summed E-state index contributed by atoms with van der Waals surface area (Å²) >= 11 is 0. The highest BCUT2D eigenvalue weighted by atomic mass is 16.3. The van der Waals surface area contributed by atoms with Gasteiger partial charge in [0.15, 0.2) is 0 Å². The largest absolute Gasteiger partial charge is 0.396 e. The summed E-state index contributed by atoms with van der Waals surface area (Å²) in [6.07, 6.45) is 5.61. The average molecular weight is 240 g/mol. The van der Waals surface area contributed by atoms with Crippen molar-refractivity contribution in [1.29, 1.82) is 0 Å². The summed E-state index contributed by atoms with van der Waals surface area (Å²) in [6, 6.07) is 0. The van der Waals surface area contributed by atoms with Crippen molar-refractivity contribution < 1.29 is 10.2 Å². The number of fused-ring (bicyclic) bond motifs is 1. The third kappa shape index (κ3) is 1.94. The number of aliphatic hydroxyl groups excluding tert-OH is 1. The fraction of sp³-hybridized carbons (Fsp3) is 1.00. The van der Waals surface area contributed by atoms with E-state index in [4.69, 9.17) is 0 Å². The summed E-state index contributed by atoms with van der Waals surface area (Å²) in [5, 5.41) is 20.3. The summed E-state index contributed by atoms with van der Waals surface area (Å²) in [5.41, 5.74) is -0.220. The molecule has 2 rings (SSSR count). The zero-order valence-electron chi connectivity index (χ0n) is 11.8. The van der Waals surface area contributed by atoms with Crippen LogP contribution in [0.5, 0.6) is 0 Å². The van der Waals surface area contributed by atoms with E-state index >= 15 is 0 Å². The van der Waals surface area contributed by atoms with Crippen molar-refractivity contribution in [1.82, 2.24) is 0 Å². The Morgan fingerprint density at radius 1 is 1.06 bits per heavy atom. The lowest BCUT2D eigenvalue weighted by Crippen LogP contribution is -2.58. The third-order valence-electron chi connectivity index (χ3n) is 5.94. The smallest absolute Gasteiger partial charge is 0.0675 e. The fourth-order valence-electron chi connectivity index (χ4n) is 5.03. The third-order valence-corrected chi connectivity index (χ3v) is 5.94. The van der Waals surface area contributed by atoms with Gasteiger partial charge in [0.1, 0.15) is 0 Å². The molecule has 2 saturated carbocycles. The second-order valence-electron chi connectivity index (χ2n) is 7.53. The van der Waals surface area contributed by atoms with Crippen molar-refractivity contribution in [3.8, 4) is 0 Å². The van der Waals surface area contributed by atoms with Gasteiger partial charge in [-0.05, 0) is 49.4 Å². The molecule has 2 nitrogen and oxygen atoms in total. The van der Waals surface area contributed by atoms with E-state index in [9.17, 15) is 10.2 Å². The molecule has 3 unspecified atom stereocenters. The quantitative estimate of drug-likeness (QED) is 0.740. The van der Waals surface area contributed by atoms with Gasteiger partial charge in [-0.25, -0.2) is 0 Å². The highest BCUT2D eigenvalue weighted by Crippen LogP contribution is 2.61. The molecule has 2 aliphatic rings. The second kappa shape index (κ2) is 3.96. The first-order chi connectivity index (χ1) is 7.74. The molecule has 0 aromatic carbocycles. The molecule has 0 heterocycles. The van der Waals surface area contributed by atoms with E-state index in [2.05, 4.69) is 20.8 Å². The van der Waals surface area contributed by atoms with E-state index in [1.807, 2.05) is 6.92 Å². The van der Waals surface area contributed by atoms with Gasteiger partial charge in [-0.3, -0.25) is 0 Å². The monoisotopic (exact) mass is 240 g/mol. The second-order valence-corrected chi connectivity index (χ2v) is 7.53. The number of aliphatic hydroxyl groups is 2. The van der Waals surface area contributed by atoms with Gasteiger partial charge in [-0.15, -0.1) is 0 Å². The number of rotatable bonds is 1. The number of hydrogen-bond acceptors (Lipinski definition) is 2. The van der Waals surface area contributed by atoms with Crippen molar-refractivity contribution in [2.24, 2.45) is 22.7 Å². The fourth-order valence-corrected chi connectivity index (χ4v) is 5.03. The molecule has 17 heavy (non-hydrogen) atoms. The Hall–Kier alpha value is -0.0800. The zero-order chi connectivity index (χ0) is 12.9. The van der Waals surface area contributed by atoms with Crippen LogP contribution in [-0.2, 0) is 0 Å². The molecule has 100 valence electrons. The Morgan fingerprint density at radius 2 is 1.71 bits per heavy atom. The predicted molar refractivity (Wildman–Crippen MR) is 69.7 cm³/mol. The lowest BCUT2D eigenvalue weighted by atomic mass is 9.46. The molecule has 2 heteroatoms. The maximum atomic E-state index is 10.5. The molecule has 2 N–H and O–H groups in total. The van der Waals surface area contributed by atoms with Crippen LogP contribution in [0.25, 0.3) is 0 Å². The van der Waals surface area contributed by atoms with Crippen molar-refractivity contribution in [3.63, 3.8) is 0 Å². The summed E-state index contributed by atoms with van der Waals surface area (Å²) in [6.45, 7) is 9.06. The van der Waals surface area contributed by atoms with Crippen LogP contribution in [0, 0.1) is 22.7 Å². The Kier molecular flexibility index (Phi) is 3.11. The standard InChI is InChI=1S/C15H28O2/c1-13(2)7-5-8-14(3)11(13)6-9-15(4,17)12(14)10-16/h11-12,16-17H,5-10H2,1-4H3/t11?,12?,14?,15-/m1/s1. The van der Waals surface area contributed by atoms with Gasteiger partial charge in [0, 0.05) is 12.5 Å². The Balaban J connectivity index is 2.37. The van der Waals surface area contributed by atoms with Crippen molar-refractivity contribution >= 4 is 0 Å². The Bertz CT molecular complexity index is 283. The molecule has 0 radical (unpaired) electrons. The molecule has 0 amide bonds. The molecule has 4 atom stereocenters. The number of hydrogen-bond donors (Lipinski definition) is 2. The van der Waals surface area contributed by atoms with E-state index in [-0.39, 0.29) is 17.9 Å². The minimum absolute atomic E-state index is 0.0355. The van der Waals surface area contributed by atoms with Crippen LogP contribution in [0.2, 0.25) is 0 Å². The topological polar surface area (TPSA) is 40.5 Å². The van der Waals surface area contributed by atoms with Crippen molar-refractivity contribution in [2.75, 3.05) is 6.61 Å². The molecular weight excluding hydrogens is 212 g/mol. The van der Waals surface area contributed by atoms with E-state index in [0.29, 0.717) is 11.3 Å². The summed E-state index contributed by atoms with van der Waals surface area (Å²) in [4.78, 5) is 0. The maximum absolute atomic E-state index is 10.5. The van der Waals surface area contributed by atoms with Crippen LogP contribution in [-0.4, -0.2) is 22.4 Å². The van der Waals surface area contributed by atoms with Crippen LogP contribution in [0.1, 0.15) is 59.8 Å². The van der Waals surface area contributed by atoms with Crippen LogP contribution in [0.15, 0.2) is 0 Å². The van der Waals surface area contributed by atoms with Crippen molar-refractivity contribution in [2.45, 2.75) is 65.4 Å². The van der Waals surface area contributed by atoms with Crippen LogP contribution in [0.4, 0.5) is 0 Å². The Morgan fingerprint density at radius 3 is 2.29 bits per heavy atom. The van der Waals surface area contributed by atoms with Crippen LogP contribution < -0.4 is 0 Å². The molecule has 0 aliphatic heterocycles. The predicted octanol–water partition coefficient (Wildman–Crippen LogP) is 2.97. The van der Waals surface area contributed by atoms with Crippen LogP contribution in [0.3, 0.4) is 0 Å². The molecule has 0 saturated heterocycles. The van der Waals surface area contributed by atoms with E-state index < -0.39 is 5.60 Å². The SMILES string of the molecule is CC1(C)CCCC2(C)C1CC[C@@](C)(O)C2CO. The molecule has 2 aliphatic carbocycles. The van der Waals surface area contributed by atoms with E-state index in [0.717, 1.165) is 19.3 Å². The summed E-state index contributed by atoms with van der Waals surface area (Å²) in [5.74, 6) is 0.675. The van der Waals surface area contributed by atoms with Gasteiger partial charge in [0.05, 0.1) is 5.60 Å².